The standard InChI is InChI=1S/C14H18Cl2N4O3/c1-8(13(22)19-14(23)17-2)20(3)7-12(21)18-9-4-5-10(15)11(16)6-9/h4-6,8H,7H2,1-3H3,(H,18,21)(H2,17,19,22,23)/p+1/t8-/m0/s1. The lowest BCUT2D eigenvalue weighted by Gasteiger charge is -2.20. The Kier molecular flexibility index (Phi) is 7.28. The lowest BCUT2D eigenvalue weighted by atomic mass is 10.2. The Morgan fingerprint density at radius 3 is 2.43 bits per heavy atom. The highest BCUT2D eigenvalue weighted by molar-refractivity contribution is 6.42. The lowest BCUT2D eigenvalue weighted by molar-refractivity contribution is -0.885. The highest BCUT2D eigenvalue weighted by Gasteiger charge is 2.25. The van der Waals surface area contributed by atoms with E-state index in [2.05, 4.69) is 16.0 Å². The van der Waals surface area contributed by atoms with Gasteiger partial charge in [-0.25, -0.2) is 4.79 Å². The lowest BCUT2D eigenvalue weighted by Crippen LogP contribution is -3.15. The van der Waals surface area contributed by atoms with Crippen LogP contribution in [0.25, 0.3) is 0 Å². The zero-order valence-corrected chi connectivity index (χ0v) is 14.5. The van der Waals surface area contributed by atoms with Crippen molar-refractivity contribution in [2.75, 3.05) is 26.0 Å². The smallest absolute Gasteiger partial charge is 0.321 e. The average Bonchev–Trinajstić information content (AvgIpc) is 2.49. The van der Waals surface area contributed by atoms with Gasteiger partial charge in [0.25, 0.3) is 11.8 Å². The molecule has 0 aromatic heterocycles. The highest BCUT2D eigenvalue weighted by atomic mass is 35.5. The maximum atomic E-state index is 12.0. The normalized spacial score (nSPS) is 12.9. The number of halogens is 2. The fourth-order valence-electron chi connectivity index (χ4n) is 1.69. The van der Waals surface area contributed by atoms with Crippen molar-refractivity contribution in [2.24, 2.45) is 0 Å². The minimum atomic E-state index is -0.588. The van der Waals surface area contributed by atoms with Crippen LogP contribution in [0.1, 0.15) is 6.92 Å². The number of urea groups is 1. The molecule has 1 unspecified atom stereocenters. The Morgan fingerprint density at radius 2 is 1.87 bits per heavy atom. The van der Waals surface area contributed by atoms with Crippen LogP contribution in [-0.4, -0.2) is 44.5 Å². The second-order valence-electron chi connectivity index (χ2n) is 4.99. The maximum Gasteiger partial charge on any atom is 0.321 e. The summed E-state index contributed by atoms with van der Waals surface area (Å²) >= 11 is 11.7. The Labute approximate surface area is 144 Å². The maximum absolute atomic E-state index is 12.0. The Bertz CT molecular complexity index is 610. The van der Waals surface area contributed by atoms with Crippen molar-refractivity contribution in [3.63, 3.8) is 0 Å². The van der Waals surface area contributed by atoms with E-state index in [0.29, 0.717) is 20.6 Å². The van der Waals surface area contributed by atoms with E-state index in [1.54, 1.807) is 32.2 Å². The van der Waals surface area contributed by atoms with E-state index >= 15 is 0 Å². The first kappa shape index (κ1) is 19.2. The Balaban J connectivity index is 2.56. The largest absolute Gasteiger partial charge is 0.341 e. The first-order valence-corrected chi connectivity index (χ1v) is 7.60. The van der Waals surface area contributed by atoms with Gasteiger partial charge in [0.2, 0.25) is 0 Å². The number of carbonyl (C=O) groups excluding carboxylic acids is 3. The molecule has 0 radical (unpaired) electrons. The Morgan fingerprint density at radius 1 is 1.22 bits per heavy atom. The highest BCUT2D eigenvalue weighted by Crippen LogP contribution is 2.24. The van der Waals surface area contributed by atoms with Crippen LogP contribution in [0, 0.1) is 0 Å². The summed E-state index contributed by atoms with van der Waals surface area (Å²) in [5.41, 5.74) is 0.514. The molecule has 1 rings (SSSR count). The van der Waals surface area contributed by atoms with E-state index in [0.717, 1.165) is 0 Å². The van der Waals surface area contributed by atoms with Gasteiger partial charge in [-0.15, -0.1) is 0 Å². The summed E-state index contributed by atoms with van der Waals surface area (Å²) in [6, 6.07) is 3.58. The molecular weight excluding hydrogens is 343 g/mol. The van der Waals surface area contributed by atoms with Crippen LogP contribution in [0.15, 0.2) is 18.2 Å². The molecule has 1 aromatic rings. The van der Waals surface area contributed by atoms with Gasteiger partial charge in [-0.2, -0.15) is 0 Å². The van der Waals surface area contributed by atoms with Gasteiger partial charge < -0.3 is 15.5 Å². The van der Waals surface area contributed by atoms with E-state index in [1.807, 2.05) is 0 Å². The van der Waals surface area contributed by atoms with Gasteiger partial charge in [0, 0.05) is 12.7 Å². The summed E-state index contributed by atoms with van der Waals surface area (Å²) in [7, 11) is 3.09. The Hall–Kier alpha value is -1.83. The fourth-order valence-corrected chi connectivity index (χ4v) is 1.99. The number of anilines is 1. The third-order valence-corrected chi connectivity index (χ3v) is 3.98. The second-order valence-corrected chi connectivity index (χ2v) is 5.80. The van der Waals surface area contributed by atoms with Gasteiger partial charge in [0.05, 0.1) is 17.1 Å². The quantitative estimate of drug-likeness (QED) is 0.607. The van der Waals surface area contributed by atoms with Crippen molar-refractivity contribution in [2.45, 2.75) is 13.0 Å². The van der Waals surface area contributed by atoms with E-state index in [-0.39, 0.29) is 12.5 Å². The summed E-state index contributed by atoms with van der Waals surface area (Å²) in [5.74, 6) is -0.760. The van der Waals surface area contributed by atoms with Crippen LogP contribution in [-0.2, 0) is 9.59 Å². The number of carbonyl (C=O) groups is 3. The number of hydrogen-bond acceptors (Lipinski definition) is 3. The monoisotopic (exact) mass is 361 g/mol. The molecular formula is C14H19Cl2N4O3+. The molecule has 4 amide bonds. The molecule has 0 fully saturated rings. The third kappa shape index (κ3) is 6.05. The molecule has 0 heterocycles. The van der Waals surface area contributed by atoms with Crippen LogP contribution in [0.3, 0.4) is 0 Å². The van der Waals surface area contributed by atoms with Gasteiger partial charge in [0.1, 0.15) is 0 Å². The number of amides is 4. The number of likely N-dealkylation sites (N-methyl/N-ethyl adjacent to an activating group) is 1. The van der Waals surface area contributed by atoms with Gasteiger partial charge in [-0.05, 0) is 25.1 Å². The SMILES string of the molecule is CNC(=O)NC(=O)[C@H](C)[NH+](C)CC(=O)Nc1ccc(Cl)c(Cl)c1. The number of imide groups is 1. The van der Waals surface area contributed by atoms with Crippen molar-refractivity contribution in [1.29, 1.82) is 0 Å². The number of hydrogen-bond donors (Lipinski definition) is 4. The molecule has 0 aliphatic heterocycles. The summed E-state index contributed by atoms with van der Waals surface area (Å²) in [4.78, 5) is 35.6. The third-order valence-electron chi connectivity index (χ3n) is 3.24. The van der Waals surface area contributed by atoms with Crippen molar-refractivity contribution in [3.8, 4) is 0 Å². The first-order valence-electron chi connectivity index (χ1n) is 6.84. The second kappa shape index (κ2) is 8.71. The van der Waals surface area contributed by atoms with E-state index in [9.17, 15) is 14.4 Å². The number of rotatable bonds is 5. The van der Waals surface area contributed by atoms with E-state index in [4.69, 9.17) is 23.2 Å². The van der Waals surface area contributed by atoms with Gasteiger partial charge in [-0.3, -0.25) is 14.9 Å². The molecule has 1 aromatic carbocycles. The van der Waals surface area contributed by atoms with Crippen molar-refractivity contribution in [1.82, 2.24) is 10.6 Å². The fraction of sp³-hybridized carbons (Fsp3) is 0.357. The molecule has 126 valence electrons. The molecule has 0 aliphatic rings. The van der Waals surface area contributed by atoms with Crippen molar-refractivity contribution in [3.05, 3.63) is 28.2 Å². The molecule has 0 aliphatic carbocycles. The van der Waals surface area contributed by atoms with Gasteiger partial charge in [0.15, 0.2) is 12.6 Å². The summed E-state index contributed by atoms with van der Waals surface area (Å²) in [6.07, 6.45) is 0. The van der Waals surface area contributed by atoms with Crippen LogP contribution in [0.5, 0.6) is 0 Å². The minimum absolute atomic E-state index is 0.0442. The van der Waals surface area contributed by atoms with Crippen molar-refractivity contribution < 1.29 is 19.3 Å². The van der Waals surface area contributed by atoms with Crippen LogP contribution < -0.4 is 20.9 Å². The number of quaternary nitrogens is 1. The molecule has 23 heavy (non-hydrogen) atoms. The van der Waals surface area contributed by atoms with Gasteiger partial charge >= 0.3 is 6.03 Å². The van der Waals surface area contributed by atoms with E-state index in [1.165, 1.54) is 7.05 Å². The first-order chi connectivity index (χ1) is 10.7. The molecule has 2 atom stereocenters. The summed E-state index contributed by atoms with van der Waals surface area (Å²) < 4.78 is 0. The molecule has 0 spiro atoms. The van der Waals surface area contributed by atoms with Gasteiger partial charge in [-0.1, -0.05) is 23.2 Å². The average molecular weight is 362 g/mol. The van der Waals surface area contributed by atoms with Crippen LogP contribution in [0.4, 0.5) is 10.5 Å². The topological polar surface area (TPSA) is 91.7 Å². The molecule has 0 saturated heterocycles. The van der Waals surface area contributed by atoms with Crippen LogP contribution >= 0.6 is 23.2 Å². The molecule has 0 bridgehead atoms. The summed E-state index contributed by atoms with van der Waals surface area (Å²) in [6.45, 7) is 1.67. The molecule has 9 heteroatoms. The molecule has 7 nitrogen and oxygen atoms in total. The summed E-state index contributed by atoms with van der Waals surface area (Å²) in [5, 5.41) is 7.87. The van der Waals surface area contributed by atoms with Crippen molar-refractivity contribution >= 4 is 46.7 Å². The molecule has 0 saturated carbocycles. The van der Waals surface area contributed by atoms with E-state index < -0.39 is 18.0 Å². The zero-order chi connectivity index (χ0) is 17.6. The predicted octanol–water partition coefficient (Wildman–Crippen LogP) is 0.291. The minimum Gasteiger partial charge on any atom is -0.341 e. The zero-order valence-electron chi connectivity index (χ0n) is 13.0. The number of nitrogens with one attached hydrogen (secondary N) is 4. The van der Waals surface area contributed by atoms with Crippen LogP contribution in [0.2, 0.25) is 10.0 Å². The predicted molar refractivity (Wildman–Crippen MR) is 88.9 cm³/mol. The number of benzene rings is 1. The molecule has 4 N–H and O–H groups in total.